The standard InChI is InChI=1S/C22H19ClN2O3/c1-2-28-20-12-4-3-11-19(20)25-22(27)16-8-6-10-18(14-16)24-21(26)15-7-5-9-17(23)13-15/h3-14H,2H2,1H3,(H,24,26)(H,25,27). The Bertz CT molecular complexity index is 1000. The summed E-state index contributed by atoms with van der Waals surface area (Å²) in [6.07, 6.45) is 0. The summed E-state index contributed by atoms with van der Waals surface area (Å²) in [6, 6.07) is 20.6. The van der Waals surface area contributed by atoms with Gasteiger partial charge in [0.15, 0.2) is 0 Å². The van der Waals surface area contributed by atoms with Crippen LogP contribution in [0.2, 0.25) is 5.02 Å². The maximum absolute atomic E-state index is 12.6. The maximum atomic E-state index is 12.6. The van der Waals surface area contributed by atoms with Crippen molar-refractivity contribution in [3.8, 4) is 5.75 Å². The molecule has 0 heterocycles. The fourth-order valence-corrected chi connectivity index (χ4v) is 2.81. The Labute approximate surface area is 168 Å². The van der Waals surface area contributed by atoms with Crippen LogP contribution in [0.3, 0.4) is 0 Å². The molecule has 0 spiro atoms. The first-order valence-corrected chi connectivity index (χ1v) is 9.15. The highest BCUT2D eigenvalue weighted by Gasteiger charge is 2.12. The third-order valence-electron chi connectivity index (χ3n) is 3.90. The largest absolute Gasteiger partial charge is 0.492 e. The second-order valence-electron chi connectivity index (χ2n) is 5.93. The molecule has 2 amide bonds. The van der Waals surface area contributed by atoms with Gasteiger partial charge in [-0.2, -0.15) is 0 Å². The van der Waals surface area contributed by atoms with Crippen LogP contribution >= 0.6 is 11.6 Å². The van der Waals surface area contributed by atoms with Gasteiger partial charge in [0.1, 0.15) is 5.75 Å². The Kier molecular flexibility index (Phi) is 6.29. The Morgan fingerprint density at radius 2 is 1.54 bits per heavy atom. The van der Waals surface area contributed by atoms with E-state index < -0.39 is 0 Å². The van der Waals surface area contributed by atoms with Gasteiger partial charge in [0, 0.05) is 21.8 Å². The van der Waals surface area contributed by atoms with Crippen molar-refractivity contribution < 1.29 is 14.3 Å². The quantitative estimate of drug-likeness (QED) is 0.600. The molecular formula is C22H19ClN2O3. The monoisotopic (exact) mass is 394 g/mol. The zero-order valence-electron chi connectivity index (χ0n) is 15.2. The Morgan fingerprint density at radius 1 is 0.857 bits per heavy atom. The summed E-state index contributed by atoms with van der Waals surface area (Å²) >= 11 is 5.93. The fraction of sp³-hybridized carbons (Fsp3) is 0.0909. The van der Waals surface area contributed by atoms with E-state index in [2.05, 4.69) is 10.6 Å². The van der Waals surface area contributed by atoms with E-state index in [0.29, 0.717) is 39.9 Å². The molecule has 0 radical (unpaired) electrons. The molecule has 0 saturated carbocycles. The van der Waals surface area contributed by atoms with Gasteiger partial charge in [-0.1, -0.05) is 35.9 Å². The highest BCUT2D eigenvalue weighted by molar-refractivity contribution is 6.31. The number of nitrogens with one attached hydrogen (secondary N) is 2. The number of amides is 2. The summed E-state index contributed by atoms with van der Waals surface area (Å²) in [4.78, 5) is 25.0. The van der Waals surface area contributed by atoms with E-state index in [1.165, 1.54) is 0 Å². The molecule has 0 unspecified atom stereocenters. The third kappa shape index (κ3) is 4.90. The molecule has 3 rings (SSSR count). The lowest BCUT2D eigenvalue weighted by Crippen LogP contribution is -2.15. The van der Waals surface area contributed by atoms with E-state index in [1.54, 1.807) is 60.7 Å². The van der Waals surface area contributed by atoms with E-state index in [4.69, 9.17) is 16.3 Å². The maximum Gasteiger partial charge on any atom is 0.255 e. The van der Waals surface area contributed by atoms with Crippen molar-refractivity contribution in [2.45, 2.75) is 6.92 Å². The summed E-state index contributed by atoms with van der Waals surface area (Å²) in [5.41, 5.74) is 1.95. The van der Waals surface area contributed by atoms with Gasteiger partial charge in [-0.05, 0) is 55.5 Å². The lowest BCUT2D eigenvalue weighted by atomic mass is 10.1. The fourth-order valence-electron chi connectivity index (χ4n) is 2.62. The summed E-state index contributed by atoms with van der Waals surface area (Å²) in [7, 11) is 0. The normalized spacial score (nSPS) is 10.2. The second-order valence-corrected chi connectivity index (χ2v) is 6.37. The van der Waals surface area contributed by atoms with Gasteiger partial charge in [0.25, 0.3) is 11.8 Å². The summed E-state index contributed by atoms with van der Waals surface area (Å²) in [6.45, 7) is 2.38. The van der Waals surface area contributed by atoms with E-state index in [1.807, 2.05) is 19.1 Å². The van der Waals surface area contributed by atoms with Crippen molar-refractivity contribution in [3.05, 3.63) is 88.9 Å². The molecule has 0 saturated heterocycles. The number of carbonyl (C=O) groups excluding carboxylic acids is 2. The van der Waals surface area contributed by atoms with Gasteiger partial charge in [-0.25, -0.2) is 0 Å². The number of halogens is 1. The zero-order chi connectivity index (χ0) is 19.9. The molecule has 0 aliphatic heterocycles. The second kappa shape index (κ2) is 9.06. The van der Waals surface area contributed by atoms with Crippen LogP contribution in [0.4, 0.5) is 11.4 Å². The number of hydrogen-bond donors (Lipinski definition) is 2. The van der Waals surface area contributed by atoms with Gasteiger partial charge < -0.3 is 15.4 Å². The minimum Gasteiger partial charge on any atom is -0.492 e. The number of rotatable bonds is 6. The molecule has 0 fully saturated rings. The number of benzene rings is 3. The molecule has 0 aliphatic carbocycles. The lowest BCUT2D eigenvalue weighted by Gasteiger charge is -2.12. The molecule has 0 aliphatic rings. The Balaban J connectivity index is 1.74. The average Bonchev–Trinajstić information content (AvgIpc) is 2.70. The number of anilines is 2. The van der Waals surface area contributed by atoms with E-state index >= 15 is 0 Å². The lowest BCUT2D eigenvalue weighted by molar-refractivity contribution is 0.101. The van der Waals surface area contributed by atoms with Crippen LogP contribution in [0.25, 0.3) is 0 Å². The van der Waals surface area contributed by atoms with E-state index in [-0.39, 0.29) is 11.8 Å². The number of carbonyl (C=O) groups is 2. The molecule has 3 aromatic rings. The smallest absolute Gasteiger partial charge is 0.255 e. The zero-order valence-corrected chi connectivity index (χ0v) is 16.0. The van der Waals surface area contributed by atoms with Gasteiger partial charge in [-0.3, -0.25) is 9.59 Å². The van der Waals surface area contributed by atoms with Crippen LogP contribution < -0.4 is 15.4 Å². The summed E-state index contributed by atoms with van der Waals surface area (Å²) in [5, 5.41) is 6.09. The molecule has 2 N–H and O–H groups in total. The highest BCUT2D eigenvalue weighted by atomic mass is 35.5. The van der Waals surface area contributed by atoms with Gasteiger partial charge in [0.2, 0.25) is 0 Å². The molecule has 28 heavy (non-hydrogen) atoms. The first-order chi connectivity index (χ1) is 13.6. The topological polar surface area (TPSA) is 67.4 Å². The van der Waals surface area contributed by atoms with Crippen molar-refractivity contribution in [2.24, 2.45) is 0 Å². The van der Waals surface area contributed by atoms with E-state index in [9.17, 15) is 9.59 Å². The molecule has 142 valence electrons. The van der Waals surface area contributed by atoms with Crippen LogP contribution in [-0.4, -0.2) is 18.4 Å². The highest BCUT2D eigenvalue weighted by Crippen LogP contribution is 2.24. The van der Waals surface area contributed by atoms with Crippen molar-refractivity contribution in [3.63, 3.8) is 0 Å². The summed E-state index contributed by atoms with van der Waals surface area (Å²) in [5.74, 6) is -0.00322. The minimum absolute atomic E-state index is 0.300. The molecule has 6 heteroatoms. The van der Waals surface area contributed by atoms with Crippen molar-refractivity contribution in [2.75, 3.05) is 17.2 Å². The molecule has 0 atom stereocenters. The molecule has 0 aromatic heterocycles. The Hall–Kier alpha value is -3.31. The molecular weight excluding hydrogens is 376 g/mol. The summed E-state index contributed by atoms with van der Waals surface area (Å²) < 4.78 is 5.53. The van der Waals surface area contributed by atoms with Crippen LogP contribution in [0, 0.1) is 0 Å². The molecule has 0 bridgehead atoms. The van der Waals surface area contributed by atoms with Crippen LogP contribution in [0.1, 0.15) is 27.6 Å². The van der Waals surface area contributed by atoms with Crippen molar-refractivity contribution in [1.29, 1.82) is 0 Å². The van der Waals surface area contributed by atoms with Crippen LogP contribution in [-0.2, 0) is 0 Å². The third-order valence-corrected chi connectivity index (χ3v) is 4.14. The van der Waals surface area contributed by atoms with Crippen molar-refractivity contribution in [1.82, 2.24) is 0 Å². The number of ether oxygens (including phenoxy) is 1. The van der Waals surface area contributed by atoms with Crippen LogP contribution in [0.5, 0.6) is 5.75 Å². The van der Waals surface area contributed by atoms with Gasteiger partial charge in [0.05, 0.1) is 12.3 Å². The average molecular weight is 395 g/mol. The van der Waals surface area contributed by atoms with Crippen molar-refractivity contribution >= 4 is 34.8 Å². The first-order valence-electron chi connectivity index (χ1n) is 8.77. The predicted octanol–water partition coefficient (Wildman–Crippen LogP) is 5.24. The van der Waals surface area contributed by atoms with Gasteiger partial charge in [-0.15, -0.1) is 0 Å². The SMILES string of the molecule is CCOc1ccccc1NC(=O)c1cccc(NC(=O)c2cccc(Cl)c2)c1. The predicted molar refractivity (Wildman–Crippen MR) is 111 cm³/mol. The minimum atomic E-state index is -0.304. The van der Waals surface area contributed by atoms with Gasteiger partial charge >= 0.3 is 0 Å². The van der Waals surface area contributed by atoms with Crippen LogP contribution in [0.15, 0.2) is 72.8 Å². The first kappa shape index (κ1) is 19.5. The Morgan fingerprint density at radius 3 is 2.29 bits per heavy atom. The van der Waals surface area contributed by atoms with E-state index in [0.717, 1.165) is 0 Å². The number of hydrogen-bond acceptors (Lipinski definition) is 3. The molecule has 5 nitrogen and oxygen atoms in total. The molecule has 3 aromatic carbocycles. The number of para-hydroxylation sites is 2.